The Morgan fingerprint density at radius 2 is 1.94 bits per heavy atom. The quantitative estimate of drug-likeness (QED) is 0.347. The van der Waals surface area contributed by atoms with Gasteiger partial charge in [-0.15, -0.1) is 0 Å². The second-order valence-electron chi connectivity index (χ2n) is 4.09. The van der Waals surface area contributed by atoms with Gasteiger partial charge in [0.1, 0.15) is 0 Å². The molecule has 1 fully saturated rings. The molecule has 1 aromatic carbocycles. The minimum Gasteiger partial charge on any atom is -0.454 e. The van der Waals surface area contributed by atoms with Crippen molar-refractivity contribution in [1.29, 1.82) is 0 Å². The maximum absolute atomic E-state index is 9.21. The van der Waals surface area contributed by atoms with Crippen molar-refractivity contribution in [3.8, 4) is 11.5 Å². The van der Waals surface area contributed by atoms with Gasteiger partial charge in [0.25, 0.3) is 0 Å². The number of benzene rings is 1. The van der Waals surface area contributed by atoms with E-state index in [0.717, 1.165) is 11.3 Å². The average molecular weight is 250 g/mol. The van der Waals surface area contributed by atoms with Gasteiger partial charge in [0.2, 0.25) is 6.79 Å². The molecule has 6 heteroatoms. The molecule has 0 spiro atoms. The van der Waals surface area contributed by atoms with Gasteiger partial charge in [-0.3, -0.25) is 0 Å². The minimum atomic E-state index is 0.238. The third kappa shape index (κ3) is 1.95. The summed E-state index contributed by atoms with van der Waals surface area (Å²) in [7, 11) is 0. The summed E-state index contributed by atoms with van der Waals surface area (Å²) < 4.78 is 15.9. The lowest BCUT2D eigenvalue weighted by Crippen LogP contribution is -2.41. The highest BCUT2D eigenvalue weighted by Crippen LogP contribution is 2.32. The van der Waals surface area contributed by atoms with Crippen LogP contribution in [0.15, 0.2) is 23.4 Å². The van der Waals surface area contributed by atoms with Crippen molar-refractivity contribution in [3.05, 3.63) is 23.8 Å². The standard InChI is InChI=1S/C12H14N2O4/c15-13-12(14-3-5-16-6-4-14)9-1-2-10-11(7-9)18-8-17-10/h1-2,7,15H,3-6,8H2/b13-12+. The predicted molar refractivity (Wildman–Crippen MR) is 63.3 cm³/mol. The van der Waals surface area contributed by atoms with Crippen LogP contribution in [0.5, 0.6) is 11.5 Å². The first kappa shape index (κ1) is 11.2. The van der Waals surface area contributed by atoms with Crippen LogP contribution >= 0.6 is 0 Å². The molecule has 18 heavy (non-hydrogen) atoms. The molecule has 2 aliphatic rings. The Balaban J connectivity index is 1.87. The van der Waals surface area contributed by atoms with Crippen LogP contribution in [0, 0.1) is 0 Å². The number of rotatable bonds is 1. The molecular formula is C12H14N2O4. The van der Waals surface area contributed by atoms with Crippen molar-refractivity contribution in [2.45, 2.75) is 0 Å². The van der Waals surface area contributed by atoms with E-state index in [9.17, 15) is 5.21 Å². The van der Waals surface area contributed by atoms with Crippen LogP contribution in [0.3, 0.4) is 0 Å². The highest BCUT2D eigenvalue weighted by molar-refractivity contribution is 5.99. The summed E-state index contributed by atoms with van der Waals surface area (Å²) in [6, 6.07) is 5.51. The van der Waals surface area contributed by atoms with Gasteiger partial charge in [-0.25, -0.2) is 0 Å². The third-order valence-electron chi connectivity index (χ3n) is 3.04. The summed E-state index contributed by atoms with van der Waals surface area (Å²) in [6.07, 6.45) is 0. The van der Waals surface area contributed by atoms with Crippen LogP contribution in [0.25, 0.3) is 0 Å². The summed E-state index contributed by atoms with van der Waals surface area (Å²) in [4.78, 5) is 1.99. The van der Waals surface area contributed by atoms with E-state index in [0.29, 0.717) is 37.9 Å². The maximum Gasteiger partial charge on any atom is 0.231 e. The van der Waals surface area contributed by atoms with Crippen LogP contribution in [0.4, 0.5) is 0 Å². The summed E-state index contributed by atoms with van der Waals surface area (Å²) in [6.45, 7) is 2.96. The van der Waals surface area contributed by atoms with Gasteiger partial charge in [0.15, 0.2) is 17.3 Å². The van der Waals surface area contributed by atoms with Crippen molar-refractivity contribution in [3.63, 3.8) is 0 Å². The first-order chi connectivity index (χ1) is 8.88. The molecule has 96 valence electrons. The Kier molecular flexibility index (Phi) is 2.93. The number of morpholine rings is 1. The molecule has 1 N–H and O–H groups in total. The zero-order valence-corrected chi connectivity index (χ0v) is 9.83. The number of amidine groups is 1. The van der Waals surface area contributed by atoms with Crippen LogP contribution in [0.2, 0.25) is 0 Å². The van der Waals surface area contributed by atoms with E-state index in [4.69, 9.17) is 14.2 Å². The molecular weight excluding hydrogens is 236 g/mol. The zero-order valence-electron chi connectivity index (χ0n) is 9.83. The third-order valence-corrected chi connectivity index (χ3v) is 3.04. The summed E-state index contributed by atoms with van der Waals surface area (Å²) in [5.41, 5.74) is 0.809. The molecule has 0 radical (unpaired) electrons. The van der Waals surface area contributed by atoms with Crippen molar-refractivity contribution < 1.29 is 19.4 Å². The second-order valence-corrected chi connectivity index (χ2v) is 4.09. The molecule has 2 heterocycles. The molecule has 3 rings (SSSR count). The van der Waals surface area contributed by atoms with Crippen molar-refractivity contribution >= 4 is 5.84 Å². The highest BCUT2D eigenvalue weighted by atomic mass is 16.7. The zero-order chi connectivity index (χ0) is 12.4. The Hall–Kier alpha value is -1.95. The van der Waals surface area contributed by atoms with Gasteiger partial charge in [0, 0.05) is 18.7 Å². The number of oxime groups is 1. The first-order valence-corrected chi connectivity index (χ1v) is 5.83. The van der Waals surface area contributed by atoms with Gasteiger partial charge in [-0.2, -0.15) is 0 Å². The highest BCUT2D eigenvalue weighted by Gasteiger charge is 2.20. The molecule has 0 saturated carbocycles. The number of fused-ring (bicyclic) bond motifs is 1. The number of hydrogen-bond donors (Lipinski definition) is 1. The fraction of sp³-hybridized carbons (Fsp3) is 0.417. The molecule has 0 bridgehead atoms. The Bertz CT molecular complexity index is 469. The van der Waals surface area contributed by atoms with E-state index in [1.54, 1.807) is 0 Å². The second kappa shape index (κ2) is 4.73. The van der Waals surface area contributed by atoms with Gasteiger partial charge in [-0.1, -0.05) is 5.16 Å². The van der Waals surface area contributed by atoms with Gasteiger partial charge in [0.05, 0.1) is 13.2 Å². The fourth-order valence-corrected chi connectivity index (χ4v) is 2.11. The topological polar surface area (TPSA) is 63.5 Å². The molecule has 0 atom stereocenters. The van der Waals surface area contributed by atoms with E-state index >= 15 is 0 Å². The largest absolute Gasteiger partial charge is 0.454 e. The van der Waals surface area contributed by atoms with E-state index in [1.807, 2.05) is 23.1 Å². The van der Waals surface area contributed by atoms with Gasteiger partial charge >= 0.3 is 0 Å². The van der Waals surface area contributed by atoms with E-state index in [-0.39, 0.29) is 6.79 Å². The molecule has 0 aliphatic carbocycles. The van der Waals surface area contributed by atoms with Crippen LogP contribution in [-0.4, -0.2) is 49.0 Å². The molecule has 6 nitrogen and oxygen atoms in total. The van der Waals surface area contributed by atoms with E-state index in [2.05, 4.69) is 5.16 Å². The van der Waals surface area contributed by atoms with Crippen LogP contribution < -0.4 is 9.47 Å². The van der Waals surface area contributed by atoms with Crippen molar-refractivity contribution in [1.82, 2.24) is 4.90 Å². The molecule has 1 saturated heterocycles. The Morgan fingerprint density at radius 3 is 2.72 bits per heavy atom. The van der Waals surface area contributed by atoms with Crippen molar-refractivity contribution in [2.75, 3.05) is 33.1 Å². The summed E-state index contributed by atoms with van der Waals surface area (Å²) >= 11 is 0. The summed E-state index contributed by atoms with van der Waals surface area (Å²) in [5.74, 6) is 1.94. The molecule has 1 aromatic rings. The van der Waals surface area contributed by atoms with Gasteiger partial charge in [-0.05, 0) is 18.2 Å². The molecule has 0 aromatic heterocycles. The lowest BCUT2D eigenvalue weighted by atomic mass is 10.1. The minimum absolute atomic E-state index is 0.238. The normalized spacial score (nSPS) is 19.1. The van der Waals surface area contributed by atoms with Crippen molar-refractivity contribution in [2.24, 2.45) is 5.16 Å². The lowest BCUT2D eigenvalue weighted by Gasteiger charge is -2.29. The SMILES string of the molecule is O/N=C(\c1ccc2c(c1)OCO2)N1CCOCC1. The van der Waals surface area contributed by atoms with Gasteiger partial charge < -0.3 is 24.3 Å². The average Bonchev–Trinajstić information content (AvgIpc) is 2.88. The molecule has 0 unspecified atom stereocenters. The molecule has 2 aliphatic heterocycles. The number of ether oxygens (including phenoxy) is 3. The van der Waals surface area contributed by atoms with E-state index < -0.39 is 0 Å². The predicted octanol–water partition coefficient (Wildman–Crippen LogP) is 0.883. The fourth-order valence-electron chi connectivity index (χ4n) is 2.11. The Morgan fingerprint density at radius 1 is 1.17 bits per heavy atom. The van der Waals surface area contributed by atoms with Crippen LogP contribution in [0.1, 0.15) is 5.56 Å². The van der Waals surface area contributed by atoms with E-state index in [1.165, 1.54) is 0 Å². The monoisotopic (exact) mass is 250 g/mol. The maximum atomic E-state index is 9.21. The number of nitrogens with zero attached hydrogens (tertiary/aromatic N) is 2. The number of hydrogen-bond acceptors (Lipinski definition) is 5. The first-order valence-electron chi connectivity index (χ1n) is 5.83. The molecule has 0 amide bonds. The summed E-state index contributed by atoms with van der Waals surface area (Å²) in [5, 5.41) is 12.6. The Labute approximate surface area is 104 Å². The van der Waals surface area contributed by atoms with Crippen LogP contribution in [-0.2, 0) is 4.74 Å². The smallest absolute Gasteiger partial charge is 0.231 e. The lowest BCUT2D eigenvalue weighted by molar-refractivity contribution is 0.0668.